The number of likely N-dealkylation sites (tertiary alicyclic amines) is 1. The van der Waals surface area contributed by atoms with Crippen molar-refractivity contribution in [2.24, 2.45) is 0 Å². The molecule has 0 aromatic carbocycles. The van der Waals surface area contributed by atoms with Crippen LogP contribution in [0, 0.1) is 13.8 Å². The van der Waals surface area contributed by atoms with Crippen molar-refractivity contribution >= 4 is 11.3 Å². The number of likely N-dealkylation sites (N-methyl/N-ethyl adjacent to an activating group) is 1. The number of aromatic nitrogens is 1. The highest BCUT2D eigenvalue weighted by Gasteiger charge is 2.18. The Morgan fingerprint density at radius 3 is 2.94 bits per heavy atom. The second-order valence-corrected chi connectivity index (χ2v) is 6.14. The zero-order valence-electron chi connectivity index (χ0n) is 11.1. The molecular formula is C13H23N3S. The van der Waals surface area contributed by atoms with E-state index in [-0.39, 0.29) is 0 Å². The first kappa shape index (κ1) is 13.0. The number of rotatable bonds is 4. The smallest absolute Gasteiger partial charge is 0.0900 e. The van der Waals surface area contributed by atoms with Crippen molar-refractivity contribution in [3.8, 4) is 0 Å². The average molecular weight is 253 g/mol. The Hall–Kier alpha value is -0.450. The summed E-state index contributed by atoms with van der Waals surface area (Å²) in [5.41, 5.74) is 1.20. The van der Waals surface area contributed by atoms with E-state index in [1.54, 1.807) is 0 Å². The van der Waals surface area contributed by atoms with Gasteiger partial charge in [0.15, 0.2) is 0 Å². The van der Waals surface area contributed by atoms with Crippen LogP contribution in [0.25, 0.3) is 0 Å². The van der Waals surface area contributed by atoms with Crippen LogP contribution >= 0.6 is 11.3 Å². The van der Waals surface area contributed by atoms with Crippen LogP contribution in [0.15, 0.2) is 0 Å². The minimum absolute atomic E-state index is 0.658. The number of hydrogen-bond acceptors (Lipinski definition) is 4. The van der Waals surface area contributed by atoms with Crippen LogP contribution in [0.5, 0.6) is 0 Å². The molecule has 0 bridgehead atoms. The van der Waals surface area contributed by atoms with Gasteiger partial charge in [-0.15, -0.1) is 11.3 Å². The minimum atomic E-state index is 0.658. The van der Waals surface area contributed by atoms with E-state index in [1.165, 1.54) is 48.1 Å². The van der Waals surface area contributed by atoms with Gasteiger partial charge in [-0.25, -0.2) is 4.98 Å². The molecule has 1 aromatic heterocycles. The Labute approximate surface area is 108 Å². The van der Waals surface area contributed by atoms with Gasteiger partial charge in [0.05, 0.1) is 10.7 Å². The van der Waals surface area contributed by atoms with Crippen molar-refractivity contribution in [3.05, 3.63) is 15.6 Å². The number of piperidine rings is 1. The largest absolute Gasteiger partial charge is 0.308 e. The molecule has 1 atom stereocenters. The van der Waals surface area contributed by atoms with Gasteiger partial charge in [-0.2, -0.15) is 0 Å². The van der Waals surface area contributed by atoms with Crippen LogP contribution < -0.4 is 5.32 Å². The third-order valence-electron chi connectivity index (χ3n) is 3.50. The number of aryl methyl sites for hydroxylation is 2. The van der Waals surface area contributed by atoms with E-state index in [2.05, 4.69) is 36.0 Å². The van der Waals surface area contributed by atoms with Crippen molar-refractivity contribution in [1.29, 1.82) is 0 Å². The molecule has 2 rings (SSSR count). The zero-order chi connectivity index (χ0) is 12.3. The molecule has 2 heterocycles. The predicted octanol–water partition coefficient (Wildman–Crippen LogP) is 2.33. The van der Waals surface area contributed by atoms with E-state index in [0.717, 1.165) is 6.54 Å². The van der Waals surface area contributed by atoms with Gasteiger partial charge >= 0.3 is 0 Å². The monoisotopic (exact) mass is 253 g/mol. The molecule has 17 heavy (non-hydrogen) atoms. The molecule has 0 amide bonds. The standard InChI is InChI=1S/C13H23N3S/c1-4-16-7-5-6-12(9-16)14-8-13-10(2)15-11(3)17-13/h12,14H,4-9H2,1-3H3. The Kier molecular flexibility index (Phi) is 4.54. The van der Waals surface area contributed by atoms with Gasteiger partial charge in [-0.1, -0.05) is 6.92 Å². The maximum atomic E-state index is 4.47. The summed E-state index contributed by atoms with van der Waals surface area (Å²) in [6, 6.07) is 0.658. The fourth-order valence-corrected chi connectivity index (χ4v) is 3.37. The molecule has 0 radical (unpaired) electrons. The molecule has 1 aliphatic heterocycles. The summed E-state index contributed by atoms with van der Waals surface area (Å²) < 4.78 is 0. The summed E-state index contributed by atoms with van der Waals surface area (Å²) in [7, 11) is 0. The van der Waals surface area contributed by atoms with E-state index in [1.807, 2.05) is 11.3 Å². The highest BCUT2D eigenvalue weighted by atomic mass is 32.1. The second-order valence-electron chi connectivity index (χ2n) is 4.85. The Balaban J connectivity index is 1.83. The molecule has 1 fully saturated rings. The van der Waals surface area contributed by atoms with Gasteiger partial charge in [0, 0.05) is 24.0 Å². The van der Waals surface area contributed by atoms with Gasteiger partial charge in [0.25, 0.3) is 0 Å². The molecule has 1 N–H and O–H groups in total. The maximum absolute atomic E-state index is 4.47. The maximum Gasteiger partial charge on any atom is 0.0900 e. The zero-order valence-corrected chi connectivity index (χ0v) is 11.9. The first-order valence-corrected chi connectivity index (χ1v) is 7.39. The highest BCUT2D eigenvalue weighted by Crippen LogP contribution is 2.18. The lowest BCUT2D eigenvalue weighted by atomic mass is 10.1. The van der Waals surface area contributed by atoms with E-state index in [9.17, 15) is 0 Å². The second kappa shape index (κ2) is 5.94. The normalized spacial score (nSPS) is 21.9. The van der Waals surface area contributed by atoms with Gasteiger partial charge in [0.1, 0.15) is 0 Å². The Morgan fingerprint density at radius 2 is 2.29 bits per heavy atom. The minimum Gasteiger partial charge on any atom is -0.308 e. The lowest BCUT2D eigenvalue weighted by molar-refractivity contribution is 0.198. The van der Waals surface area contributed by atoms with Gasteiger partial charge in [-0.05, 0) is 39.8 Å². The van der Waals surface area contributed by atoms with Crippen molar-refractivity contribution in [3.63, 3.8) is 0 Å². The first-order chi connectivity index (χ1) is 8.19. The Bertz CT molecular complexity index is 362. The fourth-order valence-electron chi connectivity index (χ4n) is 2.48. The molecule has 3 nitrogen and oxygen atoms in total. The number of nitrogens with one attached hydrogen (secondary N) is 1. The summed E-state index contributed by atoms with van der Waals surface area (Å²) in [6.07, 6.45) is 2.64. The quantitative estimate of drug-likeness (QED) is 0.892. The van der Waals surface area contributed by atoms with E-state index in [0.29, 0.717) is 6.04 Å². The summed E-state index contributed by atoms with van der Waals surface area (Å²) in [5.74, 6) is 0. The molecule has 1 aliphatic rings. The summed E-state index contributed by atoms with van der Waals surface area (Å²) in [5, 5.41) is 4.86. The fraction of sp³-hybridized carbons (Fsp3) is 0.769. The lowest BCUT2D eigenvalue weighted by Crippen LogP contribution is -2.45. The van der Waals surface area contributed by atoms with Crippen LogP contribution in [0.3, 0.4) is 0 Å². The van der Waals surface area contributed by atoms with Crippen LogP contribution in [0.1, 0.15) is 35.3 Å². The van der Waals surface area contributed by atoms with E-state index < -0.39 is 0 Å². The number of nitrogens with zero attached hydrogens (tertiary/aromatic N) is 2. The van der Waals surface area contributed by atoms with Crippen molar-refractivity contribution in [1.82, 2.24) is 15.2 Å². The lowest BCUT2D eigenvalue weighted by Gasteiger charge is -2.32. The molecular weight excluding hydrogens is 230 g/mol. The molecule has 1 aromatic rings. The molecule has 96 valence electrons. The van der Waals surface area contributed by atoms with Crippen molar-refractivity contribution in [2.75, 3.05) is 19.6 Å². The van der Waals surface area contributed by atoms with Gasteiger partial charge in [-0.3, -0.25) is 0 Å². The average Bonchev–Trinajstić information content (AvgIpc) is 2.65. The third-order valence-corrected chi connectivity index (χ3v) is 4.58. The van der Waals surface area contributed by atoms with Crippen molar-refractivity contribution in [2.45, 2.75) is 46.2 Å². The number of hydrogen-bond donors (Lipinski definition) is 1. The SMILES string of the molecule is CCN1CCCC(NCc2sc(C)nc2C)C1. The van der Waals surface area contributed by atoms with E-state index in [4.69, 9.17) is 0 Å². The van der Waals surface area contributed by atoms with E-state index >= 15 is 0 Å². The van der Waals surface area contributed by atoms with Crippen LogP contribution in [0.4, 0.5) is 0 Å². The van der Waals surface area contributed by atoms with Crippen LogP contribution in [0.2, 0.25) is 0 Å². The first-order valence-electron chi connectivity index (χ1n) is 6.57. The van der Waals surface area contributed by atoms with Gasteiger partial charge in [0.2, 0.25) is 0 Å². The summed E-state index contributed by atoms with van der Waals surface area (Å²) in [6.45, 7) is 11.1. The Morgan fingerprint density at radius 1 is 1.47 bits per heavy atom. The van der Waals surface area contributed by atoms with Crippen LogP contribution in [-0.4, -0.2) is 35.6 Å². The van der Waals surface area contributed by atoms with Crippen molar-refractivity contribution < 1.29 is 0 Å². The molecule has 0 saturated carbocycles. The summed E-state index contributed by atoms with van der Waals surface area (Å²) >= 11 is 1.82. The van der Waals surface area contributed by atoms with Gasteiger partial charge < -0.3 is 10.2 Å². The molecule has 0 aliphatic carbocycles. The molecule has 4 heteroatoms. The topological polar surface area (TPSA) is 28.2 Å². The summed E-state index contributed by atoms with van der Waals surface area (Å²) in [4.78, 5) is 8.41. The predicted molar refractivity (Wildman–Crippen MR) is 73.6 cm³/mol. The number of thiazole rings is 1. The van der Waals surface area contributed by atoms with Crippen LogP contribution in [-0.2, 0) is 6.54 Å². The third kappa shape index (κ3) is 3.50. The highest BCUT2D eigenvalue weighted by molar-refractivity contribution is 7.11. The molecule has 1 unspecified atom stereocenters. The molecule has 0 spiro atoms. The molecule has 1 saturated heterocycles.